The van der Waals surface area contributed by atoms with Gasteiger partial charge in [-0.05, 0) is 76.1 Å². The second-order valence-corrected chi connectivity index (χ2v) is 27.7. The summed E-state index contributed by atoms with van der Waals surface area (Å²) in [5.41, 5.74) is 1.23. The first-order chi connectivity index (χ1) is 23.0. The van der Waals surface area contributed by atoms with E-state index in [0.29, 0.717) is 35.8 Å². The van der Waals surface area contributed by atoms with E-state index in [2.05, 4.69) is 115 Å². The monoisotopic (exact) mass is 747 g/mol. The van der Waals surface area contributed by atoms with Crippen molar-refractivity contribution in [2.75, 3.05) is 11.7 Å². The van der Waals surface area contributed by atoms with Crippen LogP contribution in [-0.2, 0) is 13.6 Å². The van der Waals surface area contributed by atoms with Gasteiger partial charge in [0.1, 0.15) is 24.4 Å². The number of non-ortho nitro benzene ring substituents is 1. The number of nitrogens with one attached hydrogen (secondary N) is 1. The van der Waals surface area contributed by atoms with Gasteiger partial charge in [0.2, 0.25) is 0 Å². The number of ether oxygens (including phenoxy) is 1. The van der Waals surface area contributed by atoms with Crippen molar-refractivity contribution in [1.82, 2.24) is 24.2 Å². The maximum Gasteiger partial charge on any atom is 0.277 e. The van der Waals surface area contributed by atoms with E-state index in [1.807, 2.05) is 4.57 Å². The minimum Gasteiger partial charge on any atom is -0.441 e. The highest BCUT2D eigenvalue weighted by molar-refractivity contribution is 7.52. The minimum atomic E-state index is -2.12. The molecule has 2 aromatic heterocycles. The smallest absolute Gasteiger partial charge is 0.277 e. The van der Waals surface area contributed by atoms with E-state index in [-0.39, 0.29) is 46.3 Å². The van der Waals surface area contributed by atoms with Crippen molar-refractivity contribution in [3.05, 3.63) is 47.0 Å². The van der Waals surface area contributed by atoms with Gasteiger partial charge in [-0.25, -0.2) is 19.6 Å². The molecule has 1 aliphatic rings. The van der Waals surface area contributed by atoms with Gasteiger partial charge < -0.3 is 23.2 Å². The maximum absolute atomic E-state index is 11.2. The Labute approximate surface area is 301 Å². The summed E-state index contributed by atoms with van der Waals surface area (Å²) in [5, 5.41) is 14.9. The van der Waals surface area contributed by atoms with Crippen LogP contribution in [0.5, 0.6) is 5.75 Å². The molecule has 3 heterocycles. The molecule has 50 heavy (non-hydrogen) atoms. The highest BCUT2D eigenvalue weighted by atomic mass is 31.2. The van der Waals surface area contributed by atoms with E-state index in [0.717, 1.165) is 0 Å². The summed E-state index contributed by atoms with van der Waals surface area (Å²) in [6.07, 6.45) is 3.18. The zero-order valence-electron chi connectivity index (χ0n) is 32.3. The minimum absolute atomic E-state index is 0.00198. The molecule has 0 saturated carbocycles. The molecule has 278 valence electrons. The van der Waals surface area contributed by atoms with Crippen LogP contribution in [0, 0.1) is 10.1 Å². The molecule has 1 aromatic carbocycles. The number of anilines is 1. The van der Waals surface area contributed by atoms with Crippen LogP contribution < -0.4 is 9.61 Å². The Morgan fingerprint density at radius 2 is 1.60 bits per heavy atom. The van der Waals surface area contributed by atoms with E-state index in [1.165, 1.54) is 18.5 Å². The van der Waals surface area contributed by atoms with Gasteiger partial charge in [0.15, 0.2) is 33.6 Å². The van der Waals surface area contributed by atoms with E-state index in [1.54, 1.807) is 18.5 Å². The van der Waals surface area contributed by atoms with Gasteiger partial charge in [0, 0.05) is 30.6 Å². The average molecular weight is 748 g/mol. The third-order valence-electron chi connectivity index (χ3n) is 10.2. The molecule has 16 heteroatoms. The summed E-state index contributed by atoms with van der Waals surface area (Å²) in [7, 11) is -5.66. The molecular weight excluding hydrogens is 690 g/mol. The highest BCUT2D eigenvalue weighted by Gasteiger charge is 2.47. The third kappa shape index (κ3) is 9.09. The standard InChI is InChI=1S/C34H58N7O6PSi2/c1-23(2)40(24(3)4)48(46-26-17-15-25(16-18-26)41(42)43)38-31-30-32(36-21-35-31)39(22-37-30)29-19-27(47-50(13,14)34(8,9)10)28(45-29)20-44-49(11,12)33(5,6)7/h15-18,21-24,27-29H,19-20H2,1-14H3,(H,35,36,38)/t27-,28+,29+,48?/m0/s1. The van der Waals surface area contributed by atoms with Crippen LogP contribution in [-0.4, -0.2) is 76.6 Å². The largest absolute Gasteiger partial charge is 0.441 e. The molecule has 4 rings (SSSR count). The quantitative estimate of drug-likeness (QED) is 0.0731. The number of aromatic nitrogens is 4. The number of hydrogen-bond acceptors (Lipinski definition) is 11. The highest BCUT2D eigenvalue weighted by Crippen LogP contribution is 2.47. The second-order valence-electron chi connectivity index (χ2n) is 16.7. The normalized spacial score (nSPS) is 19.9. The van der Waals surface area contributed by atoms with Crippen molar-refractivity contribution in [2.45, 2.75) is 142 Å². The Morgan fingerprint density at radius 3 is 2.14 bits per heavy atom. The average Bonchev–Trinajstić information content (AvgIpc) is 3.59. The molecule has 1 unspecified atom stereocenters. The third-order valence-corrected chi connectivity index (χ3v) is 21.4. The number of rotatable bonds is 14. The van der Waals surface area contributed by atoms with Crippen LogP contribution in [0.1, 0.15) is 81.9 Å². The summed E-state index contributed by atoms with van der Waals surface area (Å²) in [4.78, 5) is 24.9. The molecule has 1 aliphatic heterocycles. The number of fused-ring (bicyclic) bond motifs is 1. The second kappa shape index (κ2) is 15.2. The number of nitro groups is 1. The number of benzene rings is 1. The molecule has 13 nitrogen and oxygen atoms in total. The maximum atomic E-state index is 11.2. The van der Waals surface area contributed by atoms with Crippen LogP contribution in [0.15, 0.2) is 36.9 Å². The Balaban J connectivity index is 1.65. The Morgan fingerprint density at radius 1 is 1.00 bits per heavy atom. The summed E-state index contributed by atoms with van der Waals surface area (Å²) in [6, 6.07) is 6.36. The molecule has 0 bridgehead atoms. The lowest BCUT2D eigenvalue weighted by Crippen LogP contribution is -2.48. The van der Waals surface area contributed by atoms with Gasteiger partial charge >= 0.3 is 0 Å². The molecule has 0 radical (unpaired) electrons. The first kappa shape index (κ1) is 40.2. The molecule has 1 N–H and O–H groups in total. The first-order valence-corrected chi connectivity index (χ1v) is 24.5. The van der Waals surface area contributed by atoms with Crippen LogP contribution in [0.4, 0.5) is 11.5 Å². The fourth-order valence-electron chi connectivity index (χ4n) is 5.31. The number of imidazole rings is 1. The number of hydrogen-bond donors (Lipinski definition) is 1. The van der Waals surface area contributed by atoms with Crippen molar-refractivity contribution < 1.29 is 23.0 Å². The Bertz CT molecular complexity index is 1600. The van der Waals surface area contributed by atoms with E-state index in [4.69, 9.17) is 23.1 Å². The zero-order chi connectivity index (χ0) is 37.4. The topological polar surface area (TPSA) is 139 Å². The first-order valence-electron chi connectivity index (χ1n) is 17.4. The number of nitrogens with zero attached hydrogens (tertiary/aromatic N) is 6. The SMILES string of the molecule is CC(C)N(C(C)C)P(Nc1ncnc2c1ncn2[C@H]1C[C@H](O[Si](C)(C)C(C)(C)C)[C@@H](CO[Si](C)(C)C(C)(C)C)O1)Oc1ccc([N+](=O)[O-])cc1. The van der Waals surface area contributed by atoms with E-state index < -0.39 is 30.0 Å². The lowest BCUT2D eigenvalue weighted by molar-refractivity contribution is -0.384. The molecule has 0 aliphatic carbocycles. The van der Waals surface area contributed by atoms with Gasteiger partial charge in [-0.3, -0.25) is 14.7 Å². The van der Waals surface area contributed by atoms with Gasteiger partial charge in [-0.2, -0.15) is 0 Å². The molecule has 1 fully saturated rings. The fourth-order valence-corrected chi connectivity index (χ4v) is 9.45. The van der Waals surface area contributed by atoms with Crippen LogP contribution in [0.25, 0.3) is 11.2 Å². The van der Waals surface area contributed by atoms with Crippen molar-refractivity contribution in [2.24, 2.45) is 0 Å². The Kier molecular flexibility index (Phi) is 12.2. The zero-order valence-corrected chi connectivity index (χ0v) is 35.2. The summed E-state index contributed by atoms with van der Waals surface area (Å²) in [5.74, 6) is 1.03. The van der Waals surface area contributed by atoms with E-state index in [9.17, 15) is 10.1 Å². The summed E-state index contributed by atoms with van der Waals surface area (Å²) >= 11 is 0. The molecule has 4 atom stereocenters. The van der Waals surface area contributed by atoms with Crippen LogP contribution >= 0.6 is 8.45 Å². The van der Waals surface area contributed by atoms with Crippen LogP contribution in [0.2, 0.25) is 36.3 Å². The van der Waals surface area contributed by atoms with Crippen molar-refractivity contribution in [3.63, 3.8) is 0 Å². The molecular formula is C34H58N7O6PSi2. The van der Waals surface area contributed by atoms with Gasteiger partial charge in [-0.15, -0.1) is 0 Å². The number of nitro benzene ring substituents is 1. The van der Waals surface area contributed by atoms with Gasteiger partial charge in [0.05, 0.1) is 24.0 Å². The molecule has 0 amide bonds. The molecule has 0 spiro atoms. The molecule has 1 saturated heterocycles. The lowest BCUT2D eigenvalue weighted by Gasteiger charge is -2.40. The Hall–Kier alpha value is -2.53. The van der Waals surface area contributed by atoms with Crippen molar-refractivity contribution in [1.29, 1.82) is 0 Å². The van der Waals surface area contributed by atoms with Gasteiger partial charge in [-0.1, -0.05) is 41.5 Å². The molecule has 3 aromatic rings. The lowest BCUT2D eigenvalue weighted by atomic mass is 10.2. The van der Waals surface area contributed by atoms with Crippen molar-refractivity contribution >= 4 is 47.8 Å². The predicted molar refractivity (Wildman–Crippen MR) is 205 cm³/mol. The van der Waals surface area contributed by atoms with E-state index >= 15 is 0 Å². The van der Waals surface area contributed by atoms with Crippen LogP contribution in [0.3, 0.4) is 0 Å². The summed E-state index contributed by atoms with van der Waals surface area (Å²) in [6.45, 7) is 31.4. The van der Waals surface area contributed by atoms with Crippen molar-refractivity contribution in [3.8, 4) is 5.75 Å². The predicted octanol–water partition coefficient (Wildman–Crippen LogP) is 9.27. The van der Waals surface area contributed by atoms with Gasteiger partial charge in [0.25, 0.3) is 14.1 Å². The summed E-state index contributed by atoms with van der Waals surface area (Å²) < 4.78 is 31.2. The fraction of sp³-hybridized carbons (Fsp3) is 0.676.